The molecule has 0 unspecified atom stereocenters. The van der Waals surface area contributed by atoms with Crippen molar-refractivity contribution in [2.45, 2.75) is 25.2 Å². The van der Waals surface area contributed by atoms with Gasteiger partial charge in [0.15, 0.2) is 0 Å². The van der Waals surface area contributed by atoms with Crippen molar-refractivity contribution in [2.24, 2.45) is 0 Å². The van der Waals surface area contributed by atoms with Gasteiger partial charge in [0, 0.05) is 36.9 Å². The highest BCUT2D eigenvalue weighted by atomic mass is 35.5. The zero-order chi connectivity index (χ0) is 18.0. The molecule has 4 nitrogen and oxygen atoms in total. The lowest BCUT2D eigenvalue weighted by Gasteiger charge is -2.36. The summed E-state index contributed by atoms with van der Waals surface area (Å²) in [4.78, 5) is 2.60. The average molecular weight is 379 g/mol. The summed E-state index contributed by atoms with van der Waals surface area (Å²) in [6, 6.07) is 13.0. The van der Waals surface area contributed by atoms with Crippen molar-refractivity contribution in [1.29, 1.82) is 0 Å². The lowest BCUT2D eigenvalue weighted by atomic mass is 10.1. The molecule has 134 valence electrons. The van der Waals surface area contributed by atoms with E-state index < -0.39 is 10.0 Å². The summed E-state index contributed by atoms with van der Waals surface area (Å²) in [6.45, 7) is 6.41. The van der Waals surface area contributed by atoms with Crippen molar-refractivity contribution in [3.05, 3.63) is 58.6 Å². The Labute approximate surface area is 155 Å². The first-order valence-electron chi connectivity index (χ1n) is 8.52. The number of rotatable bonds is 4. The highest BCUT2D eigenvalue weighted by molar-refractivity contribution is 7.89. The van der Waals surface area contributed by atoms with Crippen molar-refractivity contribution in [3.63, 3.8) is 0 Å². The normalized spacial score (nSPS) is 16.2. The van der Waals surface area contributed by atoms with Crippen LogP contribution in [0.2, 0.25) is 5.02 Å². The summed E-state index contributed by atoms with van der Waals surface area (Å²) in [6.07, 6.45) is 0.902. The van der Waals surface area contributed by atoms with Crippen LogP contribution in [0.1, 0.15) is 18.1 Å². The molecule has 1 aliphatic heterocycles. The van der Waals surface area contributed by atoms with Gasteiger partial charge in [-0.2, -0.15) is 4.31 Å². The van der Waals surface area contributed by atoms with Crippen LogP contribution in [-0.4, -0.2) is 38.9 Å². The van der Waals surface area contributed by atoms with Crippen molar-refractivity contribution >= 4 is 27.3 Å². The number of nitrogens with zero attached hydrogens (tertiary/aromatic N) is 2. The number of piperazine rings is 1. The summed E-state index contributed by atoms with van der Waals surface area (Å²) >= 11 is 6.02. The quantitative estimate of drug-likeness (QED) is 0.814. The van der Waals surface area contributed by atoms with E-state index in [-0.39, 0.29) is 0 Å². The van der Waals surface area contributed by atoms with Crippen molar-refractivity contribution < 1.29 is 8.42 Å². The molecule has 0 N–H and O–H groups in total. The molecule has 1 saturated heterocycles. The molecule has 2 aromatic rings. The van der Waals surface area contributed by atoms with Gasteiger partial charge in [-0.3, -0.25) is 0 Å². The van der Waals surface area contributed by atoms with Crippen molar-refractivity contribution in [1.82, 2.24) is 4.31 Å². The van der Waals surface area contributed by atoms with Gasteiger partial charge in [-0.05, 0) is 54.8 Å². The largest absolute Gasteiger partial charge is 0.369 e. The second-order valence-corrected chi connectivity index (χ2v) is 8.69. The molecule has 0 amide bonds. The minimum absolute atomic E-state index is 0.376. The van der Waals surface area contributed by atoms with Gasteiger partial charge in [-0.15, -0.1) is 0 Å². The van der Waals surface area contributed by atoms with E-state index in [1.807, 2.05) is 37.3 Å². The first-order chi connectivity index (χ1) is 11.9. The molecule has 0 saturated carbocycles. The fraction of sp³-hybridized carbons (Fsp3) is 0.368. The molecule has 0 aliphatic carbocycles. The maximum Gasteiger partial charge on any atom is 0.243 e. The lowest BCUT2D eigenvalue weighted by molar-refractivity contribution is 0.385. The average Bonchev–Trinajstić information content (AvgIpc) is 2.62. The van der Waals surface area contributed by atoms with Gasteiger partial charge in [-0.1, -0.05) is 30.7 Å². The standard InChI is InChI=1S/C19H23ClN2O2S/c1-3-16-4-7-18(8-5-16)25(23,24)22-12-10-21(11-13-22)19-9-6-17(20)14-15(19)2/h4-9,14H,3,10-13H2,1-2H3. The van der Waals surface area contributed by atoms with Crippen LogP contribution < -0.4 is 4.90 Å². The maximum absolute atomic E-state index is 12.8. The fourth-order valence-corrected chi connectivity index (χ4v) is 4.84. The smallest absolute Gasteiger partial charge is 0.243 e. The molecule has 25 heavy (non-hydrogen) atoms. The van der Waals surface area contributed by atoms with Gasteiger partial charge >= 0.3 is 0 Å². The Kier molecular flexibility index (Phi) is 5.37. The Balaban J connectivity index is 1.72. The predicted molar refractivity (Wildman–Crippen MR) is 103 cm³/mol. The number of anilines is 1. The number of aryl methyl sites for hydroxylation is 2. The number of halogens is 1. The molecular formula is C19H23ClN2O2S. The van der Waals surface area contributed by atoms with Gasteiger partial charge in [-0.25, -0.2) is 8.42 Å². The van der Waals surface area contributed by atoms with Crippen LogP contribution in [0.15, 0.2) is 47.4 Å². The number of hydrogen-bond acceptors (Lipinski definition) is 3. The van der Waals surface area contributed by atoms with Crippen LogP contribution in [0.4, 0.5) is 5.69 Å². The Hall–Kier alpha value is -1.56. The third kappa shape index (κ3) is 3.84. The fourth-order valence-electron chi connectivity index (χ4n) is 3.19. The monoisotopic (exact) mass is 378 g/mol. The van der Waals surface area contributed by atoms with Crippen LogP contribution in [0, 0.1) is 6.92 Å². The van der Waals surface area contributed by atoms with E-state index in [0.29, 0.717) is 31.1 Å². The van der Waals surface area contributed by atoms with Gasteiger partial charge in [0.05, 0.1) is 4.90 Å². The van der Waals surface area contributed by atoms with E-state index in [0.717, 1.165) is 28.3 Å². The minimum Gasteiger partial charge on any atom is -0.369 e. The second-order valence-electron chi connectivity index (χ2n) is 6.32. The van der Waals surface area contributed by atoms with E-state index >= 15 is 0 Å². The first-order valence-corrected chi connectivity index (χ1v) is 10.3. The molecule has 6 heteroatoms. The summed E-state index contributed by atoms with van der Waals surface area (Å²) in [5.41, 5.74) is 3.37. The molecule has 0 radical (unpaired) electrons. The molecule has 0 atom stereocenters. The predicted octanol–water partition coefficient (Wildman–Crippen LogP) is 3.72. The van der Waals surface area contributed by atoms with Crippen LogP contribution in [0.25, 0.3) is 0 Å². The summed E-state index contributed by atoms with van der Waals surface area (Å²) in [5.74, 6) is 0. The van der Waals surface area contributed by atoms with Crippen LogP contribution in [0.3, 0.4) is 0 Å². The molecule has 0 aromatic heterocycles. The Morgan fingerprint density at radius 2 is 1.64 bits per heavy atom. The van der Waals surface area contributed by atoms with E-state index in [1.54, 1.807) is 16.4 Å². The molecule has 1 fully saturated rings. The number of sulfonamides is 1. The van der Waals surface area contributed by atoms with Gasteiger partial charge < -0.3 is 4.90 Å². The van der Waals surface area contributed by atoms with E-state index in [4.69, 9.17) is 11.6 Å². The highest BCUT2D eigenvalue weighted by Gasteiger charge is 2.28. The third-order valence-electron chi connectivity index (χ3n) is 4.71. The van der Waals surface area contributed by atoms with E-state index in [1.165, 1.54) is 0 Å². The number of hydrogen-bond donors (Lipinski definition) is 0. The van der Waals surface area contributed by atoms with Crippen LogP contribution in [0.5, 0.6) is 0 Å². The topological polar surface area (TPSA) is 40.6 Å². The summed E-state index contributed by atoms with van der Waals surface area (Å²) in [7, 11) is -3.42. The van der Waals surface area contributed by atoms with Crippen LogP contribution >= 0.6 is 11.6 Å². The molecule has 0 spiro atoms. The third-order valence-corrected chi connectivity index (χ3v) is 6.86. The minimum atomic E-state index is -3.42. The molecule has 1 aliphatic rings. The van der Waals surface area contributed by atoms with Gasteiger partial charge in [0.2, 0.25) is 10.0 Å². The molecule has 1 heterocycles. The zero-order valence-electron chi connectivity index (χ0n) is 14.6. The second kappa shape index (κ2) is 7.36. The van der Waals surface area contributed by atoms with Crippen molar-refractivity contribution in [3.8, 4) is 0 Å². The molecule has 3 rings (SSSR count). The Morgan fingerprint density at radius 3 is 2.20 bits per heavy atom. The Morgan fingerprint density at radius 1 is 1.00 bits per heavy atom. The molecular weight excluding hydrogens is 356 g/mol. The summed E-state index contributed by atoms with van der Waals surface area (Å²) in [5, 5.41) is 0.720. The zero-order valence-corrected chi connectivity index (χ0v) is 16.1. The summed E-state index contributed by atoms with van der Waals surface area (Å²) < 4.78 is 27.2. The lowest BCUT2D eigenvalue weighted by Crippen LogP contribution is -2.48. The Bertz CT molecular complexity index is 842. The highest BCUT2D eigenvalue weighted by Crippen LogP contribution is 2.26. The van der Waals surface area contributed by atoms with E-state index in [2.05, 4.69) is 11.8 Å². The molecule has 0 bridgehead atoms. The molecule has 2 aromatic carbocycles. The number of benzene rings is 2. The van der Waals surface area contributed by atoms with Gasteiger partial charge in [0.25, 0.3) is 0 Å². The first kappa shape index (κ1) is 18.2. The SMILES string of the molecule is CCc1ccc(S(=O)(=O)N2CCN(c3ccc(Cl)cc3C)CC2)cc1. The van der Waals surface area contributed by atoms with Gasteiger partial charge in [0.1, 0.15) is 0 Å². The van der Waals surface area contributed by atoms with Crippen molar-refractivity contribution in [2.75, 3.05) is 31.1 Å². The van der Waals surface area contributed by atoms with E-state index in [9.17, 15) is 8.42 Å². The van der Waals surface area contributed by atoms with Crippen LogP contribution in [-0.2, 0) is 16.4 Å². The maximum atomic E-state index is 12.8.